The zero-order valence-electron chi connectivity index (χ0n) is 23.4. The predicted octanol–water partition coefficient (Wildman–Crippen LogP) is 5.31. The lowest BCUT2D eigenvalue weighted by molar-refractivity contribution is -0.168. The summed E-state index contributed by atoms with van der Waals surface area (Å²) >= 11 is 13.0. The van der Waals surface area contributed by atoms with E-state index < -0.39 is 0 Å². The predicted molar refractivity (Wildman–Crippen MR) is 163 cm³/mol. The first kappa shape index (κ1) is 39.5. The molecule has 2 saturated heterocycles. The molecular formula is C27H51Cl2IO9. The molecule has 1 N–H and O–H groups in total. The van der Waals surface area contributed by atoms with Gasteiger partial charge in [0.05, 0.1) is 72.3 Å². The number of alkyl halides is 3. The van der Waals surface area contributed by atoms with Gasteiger partial charge in [-0.05, 0) is 57.4 Å². The Labute approximate surface area is 259 Å². The van der Waals surface area contributed by atoms with Gasteiger partial charge in [-0.1, -0.05) is 22.6 Å². The molecule has 2 unspecified atom stereocenters. The van der Waals surface area contributed by atoms with E-state index in [2.05, 4.69) is 22.6 Å². The van der Waals surface area contributed by atoms with E-state index in [1.165, 1.54) is 32.1 Å². The highest BCUT2D eigenvalue weighted by Gasteiger charge is 2.14. The van der Waals surface area contributed by atoms with Gasteiger partial charge in [0.25, 0.3) is 0 Å². The van der Waals surface area contributed by atoms with E-state index in [1.807, 2.05) is 6.08 Å². The van der Waals surface area contributed by atoms with E-state index in [1.54, 1.807) is 6.26 Å². The maximum Gasteiger partial charge on any atom is 0.157 e. The van der Waals surface area contributed by atoms with Crippen LogP contribution in [0.1, 0.15) is 51.4 Å². The topological polar surface area (TPSA) is 94.1 Å². The fourth-order valence-electron chi connectivity index (χ4n) is 3.19. The monoisotopic (exact) mass is 716 g/mol. The van der Waals surface area contributed by atoms with Crippen molar-refractivity contribution in [2.45, 2.75) is 63.9 Å². The lowest BCUT2D eigenvalue weighted by Gasteiger charge is -2.22. The zero-order chi connectivity index (χ0) is 28.5. The molecule has 0 spiro atoms. The number of hydrogen-bond donors (Lipinski definition) is 1. The van der Waals surface area contributed by atoms with Crippen molar-refractivity contribution >= 4 is 45.8 Å². The Balaban J connectivity index is 0.000000520. The van der Waals surface area contributed by atoms with Crippen molar-refractivity contribution in [1.82, 2.24) is 0 Å². The minimum absolute atomic E-state index is 0.00616. The molecule has 0 aliphatic carbocycles. The smallest absolute Gasteiger partial charge is 0.157 e. The third kappa shape index (κ3) is 31.3. The van der Waals surface area contributed by atoms with Crippen molar-refractivity contribution in [3.8, 4) is 0 Å². The summed E-state index contributed by atoms with van der Waals surface area (Å²) in [4.78, 5) is 0. The van der Waals surface area contributed by atoms with Crippen molar-refractivity contribution in [3.63, 3.8) is 0 Å². The summed E-state index contributed by atoms with van der Waals surface area (Å²) in [5, 5.41) is 8.12. The van der Waals surface area contributed by atoms with E-state index in [9.17, 15) is 0 Å². The first-order valence-electron chi connectivity index (χ1n) is 14.0. The normalized spacial score (nSPS) is 20.3. The van der Waals surface area contributed by atoms with Crippen molar-refractivity contribution in [2.75, 3.05) is 95.5 Å². The highest BCUT2D eigenvalue weighted by molar-refractivity contribution is 14.1. The van der Waals surface area contributed by atoms with Gasteiger partial charge in [-0.25, -0.2) is 0 Å². The fraction of sp³-hybridized carbons (Fsp3) is 0.926. The second-order valence-electron chi connectivity index (χ2n) is 8.35. The number of halogens is 3. The molecule has 2 fully saturated rings. The van der Waals surface area contributed by atoms with Crippen LogP contribution < -0.4 is 0 Å². The third-order valence-corrected chi connectivity index (χ3v) is 5.81. The molecule has 3 aliphatic heterocycles. The Morgan fingerprint density at radius 1 is 0.692 bits per heavy atom. The number of rotatable bonds is 16. The summed E-state index contributed by atoms with van der Waals surface area (Å²) in [6.45, 7) is 7.54. The van der Waals surface area contributed by atoms with Gasteiger partial charge in [-0.15, -0.1) is 23.2 Å². The molecule has 39 heavy (non-hydrogen) atoms. The average molecular weight is 718 g/mol. The van der Waals surface area contributed by atoms with E-state index in [0.29, 0.717) is 58.0 Å². The van der Waals surface area contributed by atoms with Crippen LogP contribution in [0, 0.1) is 0 Å². The summed E-state index contributed by atoms with van der Waals surface area (Å²) in [6, 6.07) is 0. The number of aliphatic hydroxyl groups is 1. The molecule has 0 radical (unpaired) electrons. The summed E-state index contributed by atoms with van der Waals surface area (Å²) in [6.07, 6.45) is 13.0. The summed E-state index contributed by atoms with van der Waals surface area (Å²) < 4.78 is 42.8. The van der Waals surface area contributed by atoms with Crippen LogP contribution in [0.15, 0.2) is 12.3 Å². The number of allylic oxidation sites excluding steroid dienone is 1. The highest BCUT2D eigenvalue weighted by atomic mass is 127. The van der Waals surface area contributed by atoms with Gasteiger partial charge >= 0.3 is 0 Å². The summed E-state index contributed by atoms with van der Waals surface area (Å²) in [5.41, 5.74) is 0. The van der Waals surface area contributed by atoms with Crippen molar-refractivity contribution < 1.29 is 43.0 Å². The summed E-state index contributed by atoms with van der Waals surface area (Å²) in [7, 11) is 0. The van der Waals surface area contributed by atoms with Gasteiger partial charge in [0.2, 0.25) is 0 Å². The van der Waals surface area contributed by atoms with Gasteiger partial charge in [0, 0.05) is 29.4 Å². The van der Waals surface area contributed by atoms with Gasteiger partial charge in [0.15, 0.2) is 12.6 Å². The third-order valence-electron chi connectivity index (χ3n) is 5.06. The number of ether oxygens (including phenoxy) is 8. The van der Waals surface area contributed by atoms with Crippen LogP contribution >= 0.6 is 45.8 Å². The maximum absolute atomic E-state index is 8.12. The maximum atomic E-state index is 8.12. The lowest BCUT2D eigenvalue weighted by atomic mass is 10.2. The van der Waals surface area contributed by atoms with Gasteiger partial charge in [-0.2, -0.15) is 0 Å². The number of hydrogen-bond acceptors (Lipinski definition) is 9. The Hall–Kier alpha value is 0.530. The molecule has 0 aromatic heterocycles. The largest absolute Gasteiger partial charge is 0.502 e. The number of aliphatic hydroxyl groups excluding tert-OH is 1. The molecule has 0 aromatic carbocycles. The molecule has 12 heteroatoms. The van der Waals surface area contributed by atoms with Crippen molar-refractivity contribution in [1.29, 1.82) is 0 Å². The van der Waals surface area contributed by atoms with Crippen LogP contribution in [0.3, 0.4) is 0 Å². The second kappa shape index (κ2) is 34.7. The van der Waals surface area contributed by atoms with Crippen molar-refractivity contribution in [2.24, 2.45) is 0 Å². The molecule has 0 amide bonds. The van der Waals surface area contributed by atoms with Crippen LogP contribution in [0.2, 0.25) is 0 Å². The lowest BCUT2D eigenvalue weighted by Crippen LogP contribution is -2.24. The average Bonchev–Trinajstić information content (AvgIpc) is 3.00. The molecule has 3 heterocycles. The van der Waals surface area contributed by atoms with Crippen LogP contribution in [0.4, 0.5) is 0 Å². The Bertz CT molecular complexity index is 444. The molecule has 9 nitrogen and oxygen atoms in total. The fourth-order valence-corrected chi connectivity index (χ4v) is 3.71. The molecule has 0 saturated carbocycles. The second-order valence-corrected chi connectivity index (χ2v) is 10.2. The van der Waals surface area contributed by atoms with E-state index in [4.69, 9.17) is 66.2 Å². The van der Waals surface area contributed by atoms with Crippen LogP contribution in [0.25, 0.3) is 0 Å². The molecule has 3 rings (SSSR count). The van der Waals surface area contributed by atoms with Gasteiger partial charge < -0.3 is 43.0 Å². The molecule has 3 aliphatic rings. The zero-order valence-corrected chi connectivity index (χ0v) is 27.1. The van der Waals surface area contributed by atoms with Crippen LogP contribution in [-0.4, -0.2) is 113 Å². The molecule has 234 valence electrons. The molecular weight excluding hydrogens is 666 g/mol. The van der Waals surface area contributed by atoms with Crippen LogP contribution in [-0.2, 0) is 37.9 Å². The SMILES string of the molecule is C1=COCCC1.ClCCOCCOC1CCCCO1.ICCOCCOC1CCCCO1.OCCOCCCl. The van der Waals surface area contributed by atoms with Gasteiger partial charge in [0.1, 0.15) is 0 Å². The van der Waals surface area contributed by atoms with E-state index in [-0.39, 0.29) is 19.2 Å². The van der Waals surface area contributed by atoms with E-state index >= 15 is 0 Å². The Kier molecular flexibility index (Phi) is 35.2. The summed E-state index contributed by atoms with van der Waals surface area (Å²) in [5.74, 6) is 1.04. The highest BCUT2D eigenvalue weighted by Crippen LogP contribution is 2.14. The Morgan fingerprint density at radius 2 is 1.26 bits per heavy atom. The Morgan fingerprint density at radius 3 is 1.62 bits per heavy atom. The standard InChI is InChI=1S/C9H17ClO3.C9H17IO3.C5H8O.C4H9ClO2/c2*10-4-6-11-7-8-13-9-3-1-2-5-12-9;1-2-4-6-5-3-1;5-1-3-7-4-2-6/h2*9H,1-8H2;2,4H,1,3,5H2;6H,1-4H2. The molecule has 2 atom stereocenters. The van der Waals surface area contributed by atoms with E-state index in [0.717, 1.165) is 50.1 Å². The first-order chi connectivity index (χ1) is 19.3. The minimum atomic E-state index is -0.00616. The van der Waals surface area contributed by atoms with Crippen LogP contribution in [0.5, 0.6) is 0 Å². The molecule has 0 aromatic rings. The van der Waals surface area contributed by atoms with Crippen molar-refractivity contribution in [3.05, 3.63) is 12.3 Å². The molecule has 0 bridgehead atoms. The van der Waals surface area contributed by atoms with Gasteiger partial charge in [-0.3, -0.25) is 0 Å². The quantitative estimate of drug-likeness (QED) is 0.130. The first-order valence-corrected chi connectivity index (χ1v) is 16.6. The minimum Gasteiger partial charge on any atom is -0.502 e.